The number of anilines is 1. The first kappa shape index (κ1) is 22.5. The van der Waals surface area contributed by atoms with E-state index >= 15 is 0 Å². The summed E-state index contributed by atoms with van der Waals surface area (Å²) in [6.07, 6.45) is 9.66. The van der Waals surface area contributed by atoms with Crippen molar-refractivity contribution in [2.75, 3.05) is 45.7 Å². The molecule has 1 aliphatic rings. The lowest BCUT2D eigenvalue weighted by atomic mass is 10.2. The van der Waals surface area contributed by atoms with Gasteiger partial charge in [-0.3, -0.25) is 4.79 Å². The summed E-state index contributed by atoms with van der Waals surface area (Å²) in [6.45, 7) is 2.53. The van der Waals surface area contributed by atoms with E-state index in [1.54, 1.807) is 6.08 Å². The van der Waals surface area contributed by atoms with E-state index in [0.717, 1.165) is 30.8 Å². The zero-order valence-electron chi connectivity index (χ0n) is 18.9. The van der Waals surface area contributed by atoms with E-state index < -0.39 is 0 Å². The largest absolute Gasteiger partial charge is 0.490 e. The third-order valence-electron chi connectivity index (χ3n) is 5.24. The van der Waals surface area contributed by atoms with Gasteiger partial charge in [-0.2, -0.15) is 0 Å². The predicted molar refractivity (Wildman–Crippen MR) is 129 cm³/mol. The number of para-hydroxylation sites is 1. The fourth-order valence-electron chi connectivity index (χ4n) is 3.60. The van der Waals surface area contributed by atoms with Crippen LogP contribution < -0.4 is 10.1 Å². The number of nitrogens with one attached hydrogen (secondary N) is 2. The molecular weight excluding hydrogens is 418 g/mol. The van der Waals surface area contributed by atoms with Crippen LogP contribution in [0.1, 0.15) is 12.2 Å². The van der Waals surface area contributed by atoms with E-state index in [2.05, 4.69) is 25.3 Å². The number of likely N-dealkylation sites (tertiary alicyclic amines) is 1. The number of benzene rings is 1. The standard InChI is InChI=1S/C24H29N7O2/c1-30(2)13-6-11-21(32)31-14-12-18(16-31)27-23-22-24(26-17-25-23)29-20(28-22)10-7-15-33-19-8-4-3-5-9-19/h3-11,17-18H,12-16H2,1-2H3,(H2,25,26,27,28,29)/b10-7+,11-6+. The zero-order chi connectivity index (χ0) is 23.0. The Morgan fingerprint density at radius 2 is 2.12 bits per heavy atom. The number of carbonyl (C=O) groups excluding carboxylic acids is 1. The van der Waals surface area contributed by atoms with Gasteiger partial charge in [-0.15, -0.1) is 0 Å². The monoisotopic (exact) mass is 447 g/mol. The minimum atomic E-state index is 0.0423. The van der Waals surface area contributed by atoms with Crippen LogP contribution in [0.5, 0.6) is 5.75 Å². The Labute approximate surface area is 193 Å². The second-order valence-electron chi connectivity index (χ2n) is 8.15. The quantitative estimate of drug-likeness (QED) is 0.487. The Kier molecular flexibility index (Phi) is 7.31. The summed E-state index contributed by atoms with van der Waals surface area (Å²) in [4.78, 5) is 32.7. The number of hydrogen-bond donors (Lipinski definition) is 2. The zero-order valence-corrected chi connectivity index (χ0v) is 18.9. The van der Waals surface area contributed by atoms with Crippen LogP contribution in [0.25, 0.3) is 17.2 Å². The highest BCUT2D eigenvalue weighted by Gasteiger charge is 2.26. The lowest BCUT2D eigenvalue weighted by Gasteiger charge is -2.16. The Balaban J connectivity index is 1.35. The average molecular weight is 448 g/mol. The van der Waals surface area contributed by atoms with E-state index in [-0.39, 0.29) is 11.9 Å². The van der Waals surface area contributed by atoms with Gasteiger partial charge in [0, 0.05) is 31.8 Å². The Morgan fingerprint density at radius 1 is 1.27 bits per heavy atom. The highest BCUT2D eigenvalue weighted by Crippen LogP contribution is 2.21. The van der Waals surface area contributed by atoms with Gasteiger partial charge in [0.25, 0.3) is 0 Å². The van der Waals surface area contributed by atoms with E-state index in [1.807, 2.05) is 72.5 Å². The maximum atomic E-state index is 12.4. The molecule has 1 atom stereocenters. The van der Waals surface area contributed by atoms with Crippen molar-refractivity contribution in [1.29, 1.82) is 0 Å². The molecule has 1 amide bonds. The molecule has 0 spiro atoms. The molecule has 1 aromatic carbocycles. The molecule has 1 saturated heterocycles. The summed E-state index contributed by atoms with van der Waals surface area (Å²) in [5.41, 5.74) is 1.34. The molecule has 9 nitrogen and oxygen atoms in total. The van der Waals surface area contributed by atoms with Crippen LogP contribution in [0.3, 0.4) is 0 Å². The molecule has 0 bridgehead atoms. The average Bonchev–Trinajstić information content (AvgIpc) is 3.45. The number of imidazole rings is 1. The van der Waals surface area contributed by atoms with Crippen molar-refractivity contribution in [3.05, 3.63) is 60.7 Å². The number of fused-ring (bicyclic) bond motifs is 1. The molecular formula is C24H29N7O2. The number of aromatic amines is 1. The molecule has 172 valence electrons. The number of carbonyl (C=O) groups is 1. The van der Waals surface area contributed by atoms with E-state index in [1.165, 1.54) is 6.33 Å². The van der Waals surface area contributed by atoms with E-state index in [0.29, 0.717) is 30.4 Å². The Morgan fingerprint density at radius 3 is 2.94 bits per heavy atom. The first-order valence-electron chi connectivity index (χ1n) is 11.0. The Hall–Kier alpha value is -3.72. The van der Waals surface area contributed by atoms with Crippen molar-refractivity contribution in [2.24, 2.45) is 0 Å². The molecule has 0 aliphatic carbocycles. The lowest BCUT2D eigenvalue weighted by molar-refractivity contribution is -0.125. The minimum absolute atomic E-state index is 0.0423. The maximum absolute atomic E-state index is 12.4. The van der Waals surface area contributed by atoms with Crippen LogP contribution in [0, 0.1) is 0 Å². The molecule has 3 heterocycles. The molecule has 1 fully saturated rings. The van der Waals surface area contributed by atoms with Crippen molar-refractivity contribution >= 4 is 29.0 Å². The van der Waals surface area contributed by atoms with E-state index in [9.17, 15) is 4.79 Å². The van der Waals surface area contributed by atoms with Crippen molar-refractivity contribution in [3.63, 3.8) is 0 Å². The summed E-state index contributed by atoms with van der Waals surface area (Å²) < 4.78 is 5.67. The number of nitrogens with zero attached hydrogens (tertiary/aromatic N) is 5. The number of H-pyrrole nitrogens is 1. The van der Waals surface area contributed by atoms with Crippen LogP contribution in [0.2, 0.25) is 0 Å². The second kappa shape index (κ2) is 10.7. The SMILES string of the molecule is CN(C)C/C=C/C(=O)N1CCC(Nc2ncnc3nc(/C=C/COc4ccccc4)[nH]c23)C1. The summed E-state index contributed by atoms with van der Waals surface area (Å²) in [5, 5.41) is 3.45. The molecule has 1 aliphatic heterocycles. The van der Waals surface area contributed by atoms with Crippen LogP contribution >= 0.6 is 0 Å². The van der Waals surface area contributed by atoms with Crippen molar-refractivity contribution in [2.45, 2.75) is 12.5 Å². The van der Waals surface area contributed by atoms with Crippen molar-refractivity contribution in [3.8, 4) is 5.75 Å². The molecule has 9 heteroatoms. The Bertz CT molecular complexity index is 1120. The van der Waals surface area contributed by atoms with Gasteiger partial charge in [0.1, 0.15) is 30.0 Å². The minimum Gasteiger partial charge on any atom is -0.490 e. The normalized spacial score (nSPS) is 16.5. The summed E-state index contributed by atoms with van der Waals surface area (Å²) in [5.74, 6) is 2.23. The van der Waals surface area contributed by atoms with Gasteiger partial charge in [-0.25, -0.2) is 15.0 Å². The summed E-state index contributed by atoms with van der Waals surface area (Å²) in [7, 11) is 3.95. The molecule has 0 radical (unpaired) electrons. The first-order valence-corrected chi connectivity index (χ1v) is 11.0. The fraction of sp³-hybridized carbons (Fsp3) is 0.333. The van der Waals surface area contributed by atoms with Crippen molar-refractivity contribution < 1.29 is 9.53 Å². The fourth-order valence-corrected chi connectivity index (χ4v) is 3.60. The van der Waals surface area contributed by atoms with Gasteiger partial charge in [-0.05, 0) is 44.8 Å². The van der Waals surface area contributed by atoms with E-state index in [4.69, 9.17) is 4.74 Å². The molecule has 4 rings (SSSR count). The highest BCUT2D eigenvalue weighted by atomic mass is 16.5. The topological polar surface area (TPSA) is 99.3 Å². The van der Waals surface area contributed by atoms with Crippen molar-refractivity contribution in [1.82, 2.24) is 29.7 Å². The number of rotatable bonds is 9. The van der Waals surface area contributed by atoms with Crippen LogP contribution in [0.4, 0.5) is 5.82 Å². The molecule has 33 heavy (non-hydrogen) atoms. The maximum Gasteiger partial charge on any atom is 0.246 e. The van der Waals surface area contributed by atoms with Crippen LogP contribution in [-0.4, -0.2) is 82.0 Å². The second-order valence-corrected chi connectivity index (χ2v) is 8.15. The summed E-state index contributed by atoms with van der Waals surface area (Å²) >= 11 is 0. The smallest absolute Gasteiger partial charge is 0.246 e. The number of aromatic nitrogens is 4. The third-order valence-corrected chi connectivity index (χ3v) is 5.24. The van der Waals surface area contributed by atoms with Gasteiger partial charge in [0.05, 0.1) is 0 Å². The van der Waals surface area contributed by atoms with Gasteiger partial charge in [-0.1, -0.05) is 24.3 Å². The number of hydrogen-bond acceptors (Lipinski definition) is 7. The van der Waals surface area contributed by atoms with Gasteiger partial charge >= 0.3 is 0 Å². The van der Waals surface area contributed by atoms with Gasteiger partial charge < -0.3 is 24.8 Å². The molecule has 3 aromatic rings. The number of ether oxygens (including phenoxy) is 1. The molecule has 2 N–H and O–H groups in total. The summed E-state index contributed by atoms with van der Waals surface area (Å²) in [6, 6.07) is 9.78. The molecule has 1 unspecified atom stereocenters. The van der Waals surface area contributed by atoms with Gasteiger partial charge in [0.2, 0.25) is 5.91 Å². The number of amides is 1. The van der Waals surface area contributed by atoms with Crippen LogP contribution in [0.15, 0.2) is 54.9 Å². The highest BCUT2D eigenvalue weighted by molar-refractivity contribution is 5.88. The molecule has 0 saturated carbocycles. The predicted octanol–water partition coefficient (Wildman–Crippen LogP) is 2.58. The first-order chi connectivity index (χ1) is 16.1. The van der Waals surface area contributed by atoms with Gasteiger partial charge in [0.15, 0.2) is 11.5 Å². The van der Waals surface area contributed by atoms with Crippen LogP contribution in [-0.2, 0) is 4.79 Å². The number of likely N-dealkylation sites (N-methyl/N-ethyl adjacent to an activating group) is 1. The third kappa shape index (κ3) is 6.17. The lowest BCUT2D eigenvalue weighted by Crippen LogP contribution is -2.30. The molecule has 2 aromatic heterocycles.